The van der Waals surface area contributed by atoms with Gasteiger partial charge in [0.25, 0.3) is 0 Å². The lowest BCUT2D eigenvalue weighted by Gasteiger charge is -1.96. The predicted molar refractivity (Wildman–Crippen MR) is 47.1 cm³/mol. The van der Waals surface area contributed by atoms with Crippen LogP contribution in [0.3, 0.4) is 0 Å². The maximum Gasteiger partial charge on any atom is 0.175 e. The first-order valence-electron chi connectivity index (χ1n) is 2.03. The van der Waals surface area contributed by atoms with Gasteiger partial charge in [-0.1, -0.05) is 0 Å². The van der Waals surface area contributed by atoms with Gasteiger partial charge in [0.15, 0.2) is 6.71 Å². The molecule has 0 fully saturated rings. The van der Waals surface area contributed by atoms with E-state index in [9.17, 15) is 0 Å². The summed E-state index contributed by atoms with van der Waals surface area (Å²) < 4.78 is 0. The summed E-state index contributed by atoms with van der Waals surface area (Å²) in [6.07, 6.45) is 0. The second kappa shape index (κ2) is 5.64. The van der Waals surface area contributed by atoms with Crippen molar-refractivity contribution < 1.29 is 0 Å². The van der Waals surface area contributed by atoms with Crippen LogP contribution in [-0.4, -0.2) is 22.4 Å². The Hall–Kier alpha value is 1.50. The van der Waals surface area contributed by atoms with E-state index in [-0.39, 0.29) is 0 Å². The normalized spacial score (nSPS) is 9.00. The van der Waals surface area contributed by atoms with Crippen molar-refractivity contribution in [1.29, 1.82) is 0 Å². The van der Waals surface area contributed by atoms with E-state index in [1.54, 1.807) is 0 Å². The van der Waals surface area contributed by atoms with E-state index in [4.69, 9.17) is 0 Å². The van der Waals surface area contributed by atoms with E-state index >= 15 is 0 Å². The molecule has 0 bridgehead atoms. The van der Waals surface area contributed by atoms with Crippen LogP contribution in [0.25, 0.3) is 0 Å². The fourth-order valence-corrected chi connectivity index (χ4v) is 3.34. The monoisotopic (exact) mass is 290 g/mol. The highest BCUT2D eigenvalue weighted by Gasteiger charge is 2.05. The molecule has 0 rings (SSSR count). The topological polar surface area (TPSA) is 0 Å². The Labute approximate surface area is 69.9 Å². The Morgan fingerprint density at radius 1 is 0.857 bits per heavy atom. The molecule has 0 spiro atoms. The van der Waals surface area contributed by atoms with Gasteiger partial charge in [0.1, 0.15) is 0 Å². The van der Waals surface area contributed by atoms with Crippen LogP contribution in [-0.2, 0) is 0 Å². The molecule has 0 atom stereocenters. The highest BCUT2D eigenvalue weighted by atomic mass is 79.9. The fraction of sp³-hybridized carbons (Fsp3) is 1.00. The molecule has 0 N–H and O–H groups in total. The van der Waals surface area contributed by atoms with Gasteiger partial charge in [0, 0.05) is 0 Å². The number of hydrogen-bond donors (Lipinski definition) is 0. The van der Waals surface area contributed by atoms with Gasteiger partial charge in [-0.25, -0.2) is 0 Å². The standard InChI is InChI=1S/C3H6BBr3/c5-1-4(2-6)3-7/h1-3H2. The summed E-state index contributed by atoms with van der Waals surface area (Å²) in [5, 5.41) is 3.22. The first-order chi connectivity index (χ1) is 3.35. The number of hydrogen-bond acceptors (Lipinski definition) is 0. The molecule has 0 aromatic carbocycles. The minimum atomic E-state index is 0.736. The molecular formula is C3H6BBr3. The van der Waals surface area contributed by atoms with Crippen molar-refractivity contribution in [2.24, 2.45) is 0 Å². The first-order valence-corrected chi connectivity index (χ1v) is 5.39. The molecule has 0 saturated carbocycles. The number of alkyl halides is 3. The van der Waals surface area contributed by atoms with Gasteiger partial charge < -0.3 is 0 Å². The lowest BCUT2D eigenvalue weighted by atomic mass is 9.57. The van der Waals surface area contributed by atoms with E-state index < -0.39 is 0 Å². The summed E-state index contributed by atoms with van der Waals surface area (Å²) in [7, 11) is 0. The second-order valence-electron chi connectivity index (χ2n) is 1.33. The van der Waals surface area contributed by atoms with E-state index in [0.717, 1.165) is 22.4 Å². The van der Waals surface area contributed by atoms with Crippen LogP contribution < -0.4 is 0 Å². The van der Waals surface area contributed by atoms with Gasteiger partial charge in [-0.2, -0.15) is 0 Å². The average Bonchev–Trinajstić information content (AvgIpc) is 1.72. The lowest BCUT2D eigenvalue weighted by Crippen LogP contribution is -2.19. The summed E-state index contributed by atoms with van der Waals surface area (Å²) in [5.74, 6) is 0. The third kappa shape index (κ3) is 4.04. The van der Waals surface area contributed by atoms with Crippen molar-refractivity contribution in [1.82, 2.24) is 0 Å². The Morgan fingerprint density at radius 3 is 1.14 bits per heavy atom. The zero-order valence-corrected chi connectivity index (χ0v) is 8.59. The lowest BCUT2D eigenvalue weighted by molar-refractivity contribution is 1.85. The summed E-state index contributed by atoms with van der Waals surface area (Å²) in [5.41, 5.74) is 0. The van der Waals surface area contributed by atoms with Crippen LogP contribution in [0.5, 0.6) is 0 Å². The van der Waals surface area contributed by atoms with Crippen LogP contribution >= 0.6 is 47.8 Å². The highest BCUT2D eigenvalue weighted by molar-refractivity contribution is 9.11. The number of halogens is 3. The van der Waals surface area contributed by atoms with Crippen LogP contribution in [0.2, 0.25) is 0 Å². The molecule has 0 aliphatic carbocycles. The van der Waals surface area contributed by atoms with Crippen molar-refractivity contribution in [2.45, 2.75) is 0 Å². The minimum absolute atomic E-state index is 0.736. The van der Waals surface area contributed by atoms with E-state index in [1.807, 2.05) is 0 Å². The van der Waals surface area contributed by atoms with Gasteiger partial charge in [0.05, 0.1) is 0 Å². The maximum absolute atomic E-state index is 3.38. The molecule has 0 aromatic heterocycles. The molecule has 0 aromatic rings. The number of rotatable bonds is 3. The highest BCUT2D eigenvalue weighted by Crippen LogP contribution is 1.97. The average molecular weight is 293 g/mol. The zero-order chi connectivity index (χ0) is 5.70. The largest absolute Gasteiger partial charge is 0.175 e. The first kappa shape index (κ1) is 8.50. The van der Waals surface area contributed by atoms with E-state index in [2.05, 4.69) is 47.8 Å². The Balaban J connectivity index is 2.99. The summed E-state index contributed by atoms with van der Waals surface area (Å²) >= 11 is 10.1. The van der Waals surface area contributed by atoms with Gasteiger partial charge in [0.2, 0.25) is 0 Å². The molecule has 0 aliphatic heterocycles. The van der Waals surface area contributed by atoms with E-state index in [1.165, 1.54) is 0 Å². The molecule has 0 nitrogen and oxygen atoms in total. The van der Waals surface area contributed by atoms with Crippen molar-refractivity contribution in [3.63, 3.8) is 0 Å². The molecule has 7 heavy (non-hydrogen) atoms. The molecule has 0 heterocycles. The molecular weight excluding hydrogens is 287 g/mol. The summed E-state index contributed by atoms with van der Waals surface area (Å²) in [6.45, 7) is 0.736. The summed E-state index contributed by atoms with van der Waals surface area (Å²) in [6, 6.07) is 0. The Bertz CT molecular complexity index is 31.7. The minimum Gasteiger partial charge on any atom is -0.102 e. The molecule has 0 saturated heterocycles. The van der Waals surface area contributed by atoms with E-state index in [0.29, 0.717) is 0 Å². The maximum atomic E-state index is 3.38. The van der Waals surface area contributed by atoms with Crippen molar-refractivity contribution in [2.75, 3.05) is 15.7 Å². The van der Waals surface area contributed by atoms with Gasteiger partial charge in [-0.05, 0) is 15.7 Å². The van der Waals surface area contributed by atoms with Crippen molar-refractivity contribution >= 4 is 54.5 Å². The Morgan fingerprint density at radius 2 is 1.14 bits per heavy atom. The molecule has 0 unspecified atom stereocenters. The summed E-state index contributed by atoms with van der Waals surface area (Å²) in [4.78, 5) is 0. The predicted octanol–water partition coefficient (Wildman–Crippen LogP) is 2.28. The molecule has 0 amide bonds. The van der Waals surface area contributed by atoms with Gasteiger partial charge in [-0.3, -0.25) is 0 Å². The SMILES string of the molecule is BrCB(CBr)CBr. The second-order valence-corrected chi connectivity index (χ2v) is 3.27. The molecule has 0 radical (unpaired) electrons. The third-order valence-electron chi connectivity index (χ3n) is 0.655. The van der Waals surface area contributed by atoms with Crippen molar-refractivity contribution in [3.05, 3.63) is 0 Å². The smallest absolute Gasteiger partial charge is 0.102 e. The van der Waals surface area contributed by atoms with Crippen LogP contribution in [0.4, 0.5) is 0 Å². The van der Waals surface area contributed by atoms with Crippen LogP contribution in [0.1, 0.15) is 0 Å². The fourth-order valence-electron chi connectivity index (χ4n) is 0.124. The van der Waals surface area contributed by atoms with Crippen LogP contribution in [0, 0.1) is 0 Å². The van der Waals surface area contributed by atoms with Gasteiger partial charge >= 0.3 is 0 Å². The zero-order valence-electron chi connectivity index (χ0n) is 3.83. The Kier molecular flexibility index (Phi) is 6.85. The quantitative estimate of drug-likeness (QED) is 0.553. The molecule has 42 valence electrons. The molecule has 0 aliphatic rings. The van der Waals surface area contributed by atoms with Gasteiger partial charge in [-0.15, -0.1) is 47.8 Å². The molecule has 4 heteroatoms. The van der Waals surface area contributed by atoms with Crippen molar-refractivity contribution in [3.8, 4) is 0 Å². The van der Waals surface area contributed by atoms with Crippen LogP contribution in [0.15, 0.2) is 0 Å². The third-order valence-corrected chi connectivity index (χ3v) is 3.40.